The van der Waals surface area contributed by atoms with Crippen LogP contribution >= 0.6 is 11.6 Å². The molecule has 1 atom stereocenters. The van der Waals surface area contributed by atoms with Gasteiger partial charge in [-0.25, -0.2) is 9.18 Å². The number of rotatable bonds is 1. The van der Waals surface area contributed by atoms with Gasteiger partial charge in [-0.2, -0.15) is 4.99 Å². The Labute approximate surface area is 89.9 Å². The third-order valence-corrected chi connectivity index (χ3v) is 2.23. The maximum Gasteiger partial charge on any atom is 0.343 e. The van der Waals surface area contributed by atoms with E-state index in [9.17, 15) is 9.18 Å². The molecule has 0 aromatic heterocycles. The topological polar surface area (TPSA) is 67.5 Å². The van der Waals surface area contributed by atoms with E-state index in [4.69, 9.17) is 17.3 Å². The van der Waals surface area contributed by atoms with Crippen LogP contribution in [-0.4, -0.2) is 11.9 Å². The number of nitrogens with two attached hydrogens (primary N) is 1. The van der Waals surface area contributed by atoms with Crippen molar-refractivity contribution in [3.8, 4) is 0 Å². The van der Waals surface area contributed by atoms with Crippen LogP contribution in [0.1, 0.15) is 11.6 Å². The van der Waals surface area contributed by atoms with Gasteiger partial charge < -0.3 is 11.1 Å². The summed E-state index contributed by atoms with van der Waals surface area (Å²) >= 11 is 5.68. The van der Waals surface area contributed by atoms with Gasteiger partial charge in [0.15, 0.2) is 0 Å². The molecule has 0 fully saturated rings. The summed E-state index contributed by atoms with van der Waals surface area (Å²) in [6.45, 7) is 0. The van der Waals surface area contributed by atoms with Gasteiger partial charge in [-0.1, -0.05) is 11.6 Å². The third kappa shape index (κ3) is 1.92. The maximum atomic E-state index is 13.0. The number of urea groups is 1. The zero-order valence-corrected chi connectivity index (χ0v) is 8.25. The summed E-state index contributed by atoms with van der Waals surface area (Å²) in [5, 5.41) is 2.73. The SMILES string of the molecule is NC1=NC(=O)NC1c1cc(F)cc(Cl)c1. The number of benzene rings is 1. The lowest BCUT2D eigenvalue weighted by atomic mass is 10.1. The molecule has 0 saturated heterocycles. The zero-order chi connectivity index (χ0) is 11.0. The van der Waals surface area contributed by atoms with Gasteiger partial charge in [-0.15, -0.1) is 0 Å². The Bertz CT molecular complexity index is 440. The van der Waals surface area contributed by atoms with Gasteiger partial charge in [0.1, 0.15) is 17.7 Å². The van der Waals surface area contributed by atoms with Gasteiger partial charge in [0, 0.05) is 5.02 Å². The Hall–Kier alpha value is -1.62. The molecule has 1 aromatic carbocycles. The van der Waals surface area contributed by atoms with Crippen molar-refractivity contribution < 1.29 is 9.18 Å². The number of carbonyl (C=O) groups is 1. The number of hydrogen-bond acceptors (Lipinski definition) is 2. The highest BCUT2D eigenvalue weighted by Crippen LogP contribution is 2.22. The summed E-state index contributed by atoms with van der Waals surface area (Å²) in [7, 11) is 0. The van der Waals surface area contributed by atoms with Crippen LogP contribution in [-0.2, 0) is 0 Å². The lowest BCUT2D eigenvalue weighted by molar-refractivity contribution is 0.250. The van der Waals surface area contributed by atoms with Crippen molar-refractivity contribution in [2.45, 2.75) is 6.04 Å². The number of hydrogen-bond donors (Lipinski definition) is 2. The van der Waals surface area contributed by atoms with Gasteiger partial charge >= 0.3 is 6.03 Å². The van der Waals surface area contributed by atoms with Crippen molar-refractivity contribution in [3.63, 3.8) is 0 Å². The molecule has 1 aliphatic heterocycles. The molecule has 0 radical (unpaired) electrons. The Balaban J connectivity index is 2.39. The summed E-state index contributed by atoms with van der Waals surface area (Å²) < 4.78 is 13.0. The molecule has 1 aliphatic rings. The smallest absolute Gasteiger partial charge is 0.343 e. The molecule has 0 saturated carbocycles. The molecule has 1 unspecified atom stereocenters. The van der Waals surface area contributed by atoms with Crippen molar-refractivity contribution in [1.82, 2.24) is 5.32 Å². The van der Waals surface area contributed by atoms with E-state index in [1.165, 1.54) is 18.2 Å². The van der Waals surface area contributed by atoms with Crippen LogP contribution in [0.2, 0.25) is 5.02 Å². The van der Waals surface area contributed by atoms with E-state index >= 15 is 0 Å². The summed E-state index contributed by atoms with van der Waals surface area (Å²) in [6, 6.07) is 2.84. The zero-order valence-electron chi connectivity index (χ0n) is 7.50. The predicted molar refractivity (Wildman–Crippen MR) is 54.3 cm³/mol. The summed E-state index contributed by atoms with van der Waals surface area (Å²) in [5.74, 6) is -0.367. The highest BCUT2D eigenvalue weighted by molar-refractivity contribution is 6.30. The van der Waals surface area contributed by atoms with Crippen molar-refractivity contribution in [2.75, 3.05) is 0 Å². The van der Waals surface area contributed by atoms with Crippen molar-refractivity contribution in [1.29, 1.82) is 0 Å². The molecule has 0 bridgehead atoms. The minimum Gasteiger partial charge on any atom is -0.385 e. The molecule has 0 spiro atoms. The molecular weight excluding hydrogens is 221 g/mol. The molecule has 1 heterocycles. The fraction of sp³-hybridized carbons (Fsp3) is 0.111. The fourth-order valence-electron chi connectivity index (χ4n) is 1.41. The van der Waals surface area contributed by atoms with E-state index in [0.29, 0.717) is 5.56 Å². The maximum absolute atomic E-state index is 13.0. The second kappa shape index (κ2) is 3.51. The Morgan fingerprint density at radius 2 is 2.20 bits per heavy atom. The number of aliphatic imine (C=N–C) groups is 1. The average molecular weight is 228 g/mol. The lowest BCUT2D eigenvalue weighted by Gasteiger charge is -2.11. The quantitative estimate of drug-likeness (QED) is 0.765. The number of nitrogens with one attached hydrogen (secondary N) is 1. The standard InChI is InChI=1S/C9H7ClFN3O/c10-5-1-4(2-6(11)3-5)7-8(12)14-9(15)13-7/h1-3,7H,(H3,12,13,14,15). The van der Waals surface area contributed by atoms with Crippen LogP contribution < -0.4 is 11.1 Å². The van der Waals surface area contributed by atoms with Crippen LogP contribution in [0.15, 0.2) is 23.2 Å². The molecule has 2 rings (SSSR count). The minimum atomic E-state index is -0.592. The van der Waals surface area contributed by atoms with Crippen LogP contribution in [0.3, 0.4) is 0 Å². The number of carbonyl (C=O) groups excluding carboxylic acids is 1. The molecule has 78 valence electrons. The molecule has 4 nitrogen and oxygen atoms in total. The van der Waals surface area contributed by atoms with Crippen molar-refractivity contribution >= 4 is 23.5 Å². The van der Waals surface area contributed by atoms with E-state index in [1.807, 2.05) is 0 Å². The highest BCUT2D eigenvalue weighted by atomic mass is 35.5. The van der Waals surface area contributed by atoms with E-state index in [0.717, 1.165) is 0 Å². The summed E-state index contributed by atoms with van der Waals surface area (Å²) in [6.07, 6.45) is 0. The third-order valence-electron chi connectivity index (χ3n) is 2.01. The average Bonchev–Trinajstić information content (AvgIpc) is 2.43. The Morgan fingerprint density at radius 3 is 2.73 bits per heavy atom. The van der Waals surface area contributed by atoms with Crippen molar-refractivity contribution in [2.24, 2.45) is 10.7 Å². The van der Waals surface area contributed by atoms with Crippen LogP contribution in [0.5, 0.6) is 0 Å². The number of amides is 2. The molecule has 15 heavy (non-hydrogen) atoms. The Morgan fingerprint density at radius 1 is 1.47 bits per heavy atom. The van der Waals surface area contributed by atoms with E-state index in [1.54, 1.807) is 0 Å². The molecule has 3 N–H and O–H groups in total. The predicted octanol–water partition coefficient (Wildman–Crippen LogP) is 1.60. The van der Waals surface area contributed by atoms with Gasteiger partial charge in [-0.05, 0) is 23.8 Å². The van der Waals surface area contributed by atoms with Gasteiger partial charge in [0.25, 0.3) is 0 Å². The first-order chi connectivity index (χ1) is 7.06. The molecular formula is C9H7ClFN3O. The fourth-order valence-corrected chi connectivity index (χ4v) is 1.64. The monoisotopic (exact) mass is 227 g/mol. The van der Waals surface area contributed by atoms with Crippen molar-refractivity contribution in [3.05, 3.63) is 34.6 Å². The minimum absolute atomic E-state index is 0.113. The van der Waals surface area contributed by atoms with E-state index in [2.05, 4.69) is 10.3 Å². The number of nitrogens with zero attached hydrogens (tertiary/aromatic N) is 1. The van der Waals surface area contributed by atoms with Crippen LogP contribution in [0.25, 0.3) is 0 Å². The molecule has 2 amide bonds. The summed E-state index contributed by atoms with van der Waals surface area (Å²) in [5.41, 5.74) is 5.98. The Kier molecular flexibility index (Phi) is 2.32. The van der Waals surface area contributed by atoms with Gasteiger partial charge in [-0.3, -0.25) is 0 Å². The summed E-state index contributed by atoms with van der Waals surface area (Å²) in [4.78, 5) is 14.4. The first kappa shape index (κ1) is 9.92. The van der Waals surface area contributed by atoms with E-state index < -0.39 is 17.9 Å². The van der Waals surface area contributed by atoms with Gasteiger partial charge in [0.2, 0.25) is 0 Å². The lowest BCUT2D eigenvalue weighted by Crippen LogP contribution is -2.27. The second-order valence-electron chi connectivity index (χ2n) is 3.12. The van der Waals surface area contributed by atoms with Crippen LogP contribution in [0.4, 0.5) is 9.18 Å². The van der Waals surface area contributed by atoms with Crippen LogP contribution in [0, 0.1) is 5.82 Å². The van der Waals surface area contributed by atoms with E-state index in [-0.39, 0.29) is 10.9 Å². The van der Waals surface area contributed by atoms with Gasteiger partial charge in [0.05, 0.1) is 0 Å². The number of amidine groups is 1. The first-order valence-electron chi connectivity index (χ1n) is 4.17. The first-order valence-corrected chi connectivity index (χ1v) is 4.54. The molecule has 0 aliphatic carbocycles. The molecule has 6 heteroatoms. The molecule has 1 aromatic rings. The normalized spacial score (nSPS) is 20.0. The highest BCUT2D eigenvalue weighted by Gasteiger charge is 2.25. The second-order valence-corrected chi connectivity index (χ2v) is 3.56. The number of halogens is 2. The largest absolute Gasteiger partial charge is 0.385 e.